The van der Waals surface area contributed by atoms with Gasteiger partial charge in [0.05, 0.1) is 18.1 Å². The summed E-state index contributed by atoms with van der Waals surface area (Å²) in [4.78, 5) is 13.4. The zero-order valence-corrected chi connectivity index (χ0v) is 17.3. The summed E-state index contributed by atoms with van der Waals surface area (Å²) in [6.45, 7) is 6.66. The van der Waals surface area contributed by atoms with Crippen LogP contribution in [0.25, 0.3) is 0 Å². The van der Waals surface area contributed by atoms with Crippen LogP contribution in [-0.4, -0.2) is 79.8 Å². The maximum absolute atomic E-state index is 13.4. The summed E-state index contributed by atoms with van der Waals surface area (Å²) in [6.07, 6.45) is -3.37. The van der Waals surface area contributed by atoms with Crippen LogP contribution in [-0.2, 0) is 14.3 Å². The van der Waals surface area contributed by atoms with Crippen LogP contribution in [0.5, 0.6) is 0 Å². The second-order valence-electron chi connectivity index (χ2n) is 10.2. The van der Waals surface area contributed by atoms with E-state index in [2.05, 4.69) is 0 Å². The SMILES string of the molecule is CC1=C[C@]2(O[C@@H]3O[C@H](CO)[C@@H](O)[C@H](O)[C@H]3O)CC(C)(C)C(=O)[C@@H]2[C@](C)(O)C12CC2. The number of carbonyl (C=O) groups is 1. The molecule has 0 aromatic carbocycles. The third kappa shape index (κ3) is 2.74. The minimum absolute atomic E-state index is 0.109. The van der Waals surface area contributed by atoms with Crippen molar-refractivity contribution in [2.75, 3.05) is 6.61 Å². The summed E-state index contributed by atoms with van der Waals surface area (Å²) in [6, 6.07) is 0. The van der Waals surface area contributed by atoms with Gasteiger partial charge in [-0.2, -0.15) is 0 Å². The van der Waals surface area contributed by atoms with Gasteiger partial charge in [-0.25, -0.2) is 0 Å². The smallest absolute Gasteiger partial charge is 0.187 e. The molecule has 0 unspecified atom stereocenters. The van der Waals surface area contributed by atoms with E-state index in [9.17, 15) is 30.3 Å². The maximum Gasteiger partial charge on any atom is 0.187 e. The maximum atomic E-state index is 13.4. The van der Waals surface area contributed by atoms with E-state index in [1.54, 1.807) is 6.92 Å². The number of hydrogen-bond acceptors (Lipinski definition) is 8. The lowest BCUT2D eigenvalue weighted by molar-refractivity contribution is -0.330. The lowest BCUT2D eigenvalue weighted by atomic mass is 9.61. The monoisotopic (exact) mass is 412 g/mol. The molecule has 4 aliphatic rings. The van der Waals surface area contributed by atoms with Gasteiger partial charge in [-0.15, -0.1) is 0 Å². The first-order valence-corrected chi connectivity index (χ1v) is 10.3. The van der Waals surface area contributed by atoms with Crippen LogP contribution >= 0.6 is 0 Å². The Bertz CT molecular complexity index is 737. The van der Waals surface area contributed by atoms with Crippen LogP contribution in [0.3, 0.4) is 0 Å². The summed E-state index contributed by atoms with van der Waals surface area (Å²) < 4.78 is 11.8. The number of ether oxygens (including phenoxy) is 2. The number of ketones is 1. The Labute approximate surface area is 170 Å². The Morgan fingerprint density at radius 1 is 1.14 bits per heavy atom. The normalized spacial score (nSPS) is 50.4. The van der Waals surface area contributed by atoms with Crippen molar-refractivity contribution in [1.82, 2.24) is 0 Å². The molecular weight excluding hydrogens is 380 g/mol. The molecule has 5 N–H and O–H groups in total. The predicted octanol–water partition coefficient (Wildman–Crippen LogP) is -0.352. The summed E-state index contributed by atoms with van der Waals surface area (Å²) in [5, 5.41) is 51.7. The molecule has 3 fully saturated rings. The van der Waals surface area contributed by atoms with Crippen molar-refractivity contribution in [2.45, 2.75) is 88.9 Å². The highest BCUT2D eigenvalue weighted by atomic mass is 16.7. The van der Waals surface area contributed by atoms with Crippen molar-refractivity contribution in [3.8, 4) is 0 Å². The molecular formula is C21H32O8. The average Bonchev–Trinajstić information content (AvgIpc) is 3.40. The third-order valence-electron chi connectivity index (χ3n) is 7.82. The van der Waals surface area contributed by atoms with Gasteiger partial charge in [-0.05, 0) is 33.1 Å². The highest BCUT2D eigenvalue weighted by molar-refractivity contribution is 5.92. The second-order valence-corrected chi connectivity index (χ2v) is 10.2. The van der Waals surface area contributed by atoms with Gasteiger partial charge >= 0.3 is 0 Å². The fourth-order valence-electron chi connectivity index (χ4n) is 6.09. The average molecular weight is 412 g/mol. The summed E-state index contributed by atoms with van der Waals surface area (Å²) in [7, 11) is 0. The standard InChI is InChI=1S/C21H32O8/c1-10-7-21(29-17-14(25)13(24)12(23)11(8-22)28-17)9-18(2,3)16(26)15(21)19(4,27)20(10)5-6-20/h7,11-15,17,22-25,27H,5-6,8-9H2,1-4H3/t11-,12-,13+,14-,15-,17+,19+,21+/m1/s1. The molecule has 0 aromatic heterocycles. The minimum Gasteiger partial charge on any atom is -0.394 e. The molecule has 29 heavy (non-hydrogen) atoms. The largest absolute Gasteiger partial charge is 0.394 e. The fourth-order valence-corrected chi connectivity index (χ4v) is 6.09. The molecule has 8 heteroatoms. The van der Waals surface area contributed by atoms with E-state index in [1.807, 2.05) is 26.8 Å². The van der Waals surface area contributed by atoms with Crippen molar-refractivity contribution in [3.05, 3.63) is 11.6 Å². The van der Waals surface area contributed by atoms with E-state index in [-0.39, 0.29) is 12.2 Å². The summed E-state index contributed by atoms with van der Waals surface area (Å²) >= 11 is 0. The number of Topliss-reactive ketones (excluding diaryl/α,β-unsaturated/α-hetero) is 1. The first-order chi connectivity index (χ1) is 13.3. The molecule has 1 heterocycles. The minimum atomic E-state index is -1.57. The molecule has 3 aliphatic carbocycles. The number of aliphatic hydroxyl groups excluding tert-OH is 4. The molecule has 8 nitrogen and oxygen atoms in total. The van der Waals surface area contributed by atoms with Crippen LogP contribution in [0.2, 0.25) is 0 Å². The lowest BCUT2D eigenvalue weighted by Crippen LogP contribution is -2.64. The van der Waals surface area contributed by atoms with Gasteiger partial charge in [-0.1, -0.05) is 25.5 Å². The van der Waals surface area contributed by atoms with Gasteiger partial charge in [0, 0.05) is 10.8 Å². The van der Waals surface area contributed by atoms with Crippen molar-refractivity contribution < 1.29 is 39.8 Å². The first-order valence-electron chi connectivity index (χ1n) is 10.3. The van der Waals surface area contributed by atoms with Crippen molar-refractivity contribution in [3.63, 3.8) is 0 Å². The summed E-state index contributed by atoms with van der Waals surface area (Å²) in [5.41, 5.74) is -2.83. The molecule has 1 spiro atoms. The Morgan fingerprint density at radius 2 is 1.76 bits per heavy atom. The quantitative estimate of drug-likeness (QED) is 0.397. The number of aliphatic hydroxyl groups is 5. The topological polar surface area (TPSA) is 137 Å². The van der Waals surface area contributed by atoms with Crippen LogP contribution in [0.4, 0.5) is 0 Å². The Morgan fingerprint density at radius 3 is 2.31 bits per heavy atom. The van der Waals surface area contributed by atoms with Gasteiger partial charge < -0.3 is 35.0 Å². The van der Waals surface area contributed by atoms with E-state index < -0.39 is 65.3 Å². The van der Waals surface area contributed by atoms with Crippen LogP contribution < -0.4 is 0 Å². The molecule has 4 rings (SSSR count). The number of carbonyl (C=O) groups excluding carboxylic acids is 1. The van der Waals surface area contributed by atoms with Crippen LogP contribution in [0.15, 0.2) is 11.6 Å². The van der Waals surface area contributed by atoms with Gasteiger partial charge in [-0.3, -0.25) is 4.79 Å². The number of hydrogen-bond donors (Lipinski definition) is 5. The van der Waals surface area contributed by atoms with Gasteiger partial charge in [0.2, 0.25) is 0 Å². The van der Waals surface area contributed by atoms with E-state index in [0.717, 1.165) is 18.4 Å². The molecule has 1 aliphatic heterocycles. The van der Waals surface area contributed by atoms with E-state index in [4.69, 9.17) is 9.47 Å². The molecule has 164 valence electrons. The zero-order chi connectivity index (χ0) is 21.6. The first kappa shape index (κ1) is 21.4. The van der Waals surface area contributed by atoms with Crippen molar-refractivity contribution in [1.29, 1.82) is 0 Å². The summed E-state index contributed by atoms with van der Waals surface area (Å²) in [5.74, 6) is -0.967. The molecule has 1 saturated heterocycles. The third-order valence-corrected chi connectivity index (χ3v) is 7.82. The molecule has 0 amide bonds. The van der Waals surface area contributed by atoms with Crippen molar-refractivity contribution >= 4 is 5.78 Å². The van der Waals surface area contributed by atoms with Gasteiger partial charge in [0.15, 0.2) is 6.29 Å². The lowest BCUT2D eigenvalue weighted by Gasteiger charge is -2.52. The predicted molar refractivity (Wildman–Crippen MR) is 101 cm³/mol. The second kappa shape index (κ2) is 6.32. The molecule has 0 aromatic rings. The van der Waals surface area contributed by atoms with E-state index in [0.29, 0.717) is 0 Å². The van der Waals surface area contributed by atoms with Crippen LogP contribution in [0, 0.1) is 16.7 Å². The van der Waals surface area contributed by atoms with Crippen LogP contribution in [0.1, 0.15) is 47.0 Å². The number of rotatable bonds is 3. The van der Waals surface area contributed by atoms with Crippen molar-refractivity contribution in [2.24, 2.45) is 16.7 Å². The van der Waals surface area contributed by atoms with Gasteiger partial charge in [0.1, 0.15) is 35.8 Å². The molecule has 8 atom stereocenters. The fraction of sp³-hybridized carbons (Fsp3) is 0.857. The highest BCUT2D eigenvalue weighted by Crippen LogP contribution is 2.69. The molecule has 2 saturated carbocycles. The molecule has 0 radical (unpaired) electrons. The number of fused-ring (bicyclic) bond motifs is 1. The van der Waals surface area contributed by atoms with E-state index in [1.165, 1.54) is 0 Å². The molecule has 0 bridgehead atoms. The highest BCUT2D eigenvalue weighted by Gasteiger charge is 2.74. The zero-order valence-electron chi connectivity index (χ0n) is 17.3. The van der Waals surface area contributed by atoms with E-state index >= 15 is 0 Å². The Kier molecular flexibility index (Phi) is 4.66. The Balaban J connectivity index is 1.76. The Hall–Kier alpha value is -0.870. The van der Waals surface area contributed by atoms with Gasteiger partial charge in [0.25, 0.3) is 0 Å².